The predicted molar refractivity (Wildman–Crippen MR) is 136 cm³/mol. The predicted octanol–water partition coefficient (Wildman–Crippen LogP) is 3.44. The van der Waals surface area contributed by atoms with Gasteiger partial charge in [-0.15, -0.1) is 11.8 Å². The number of esters is 1. The van der Waals surface area contributed by atoms with Crippen LogP contribution in [0.3, 0.4) is 0 Å². The standard InChI is InChI=1S/C27H29N3O5S/c28-21-24(31)30-22(20(17-36-25(21)30)16-34-27(33)29-14-8-3-9-15-29)26(32)35-23(18-10-4-1-5-11-18)19-12-6-2-7-13-19/h1-2,4-7,10-13,21,23,25H,3,8-9,14-17,28H2/t21-,25-/m1/s1. The molecule has 188 valence electrons. The normalized spacial score (nSPS) is 21.7. The molecule has 0 spiro atoms. The van der Waals surface area contributed by atoms with E-state index in [0.29, 0.717) is 24.4 Å². The molecule has 5 rings (SSSR count). The van der Waals surface area contributed by atoms with Gasteiger partial charge in [-0.2, -0.15) is 0 Å². The van der Waals surface area contributed by atoms with E-state index >= 15 is 0 Å². The number of ether oxygens (including phenoxy) is 2. The number of β-lactam (4-membered cyclic amide) rings is 1. The Morgan fingerprint density at radius 3 is 2.19 bits per heavy atom. The van der Waals surface area contributed by atoms with Crippen LogP contribution in [-0.2, 0) is 19.1 Å². The third-order valence-electron chi connectivity index (χ3n) is 6.70. The maximum atomic E-state index is 13.7. The fourth-order valence-electron chi connectivity index (χ4n) is 4.74. The third-order valence-corrected chi connectivity index (χ3v) is 8.06. The van der Waals surface area contributed by atoms with Gasteiger partial charge in [-0.25, -0.2) is 9.59 Å². The second kappa shape index (κ2) is 10.8. The van der Waals surface area contributed by atoms with Gasteiger partial charge in [0, 0.05) is 24.4 Å². The second-order valence-electron chi connectivity index (χ2n) is 9.10. The van der Waals surface area contributed by atoms with Crippen LogP contribution in [0.2, 0.25) is 0 Å². The van der Waals surface area contributed by atoms with E-state index in [1.165, 1.54) is 16.7 Å². The lowest BCUT2D eigenvalue weighted by Crippen LogP contribution is -2.68. The Morgan fingerprint density at radius 2 is 1.58 bits per heavy atom. The zero-order chi connectivity index (χ0) is 25.1. The number of thioether (sulfide) groups is 1. The number of hydrogen-bond donors (Lipinski definition) is 1. The van der Waals surface area contributed by atoms with Crippen molar-refractivity contribution in [3.63, 3.8) is 0 Å². The van der Waals surface area contributed by atoms with Crippen LogP contribution >= 0.6 is 11.8 Å². The molecule has 9 heteroatoms. The fraction of sp³-hybridized carbons (Fsp3) is 0.370. The van der Waals surface area contributed by atoms with E-state index in [4.69, 9.17) is 15.2 Å². The zero-order valence-corrected chi connectivity index (χ0v) is 20.7. The lowest BCUT2D eigenvalue weighted by atomic mass is 10.0. The molecule has 3 aliphatic rings. The Morgan fingerprint density at radius 1 is 0.972 bits per heavy atom. The molecule has 2 saturated heterocycles. The van der Waals surface area contributed by atoms with E-state index in [2.05, 4.69) is 0 Å². The van der Waals surface area contributed by atoms with Crippen molar-refractivity contribution in [2.45, 2.75) is 36.8 Å². The number of benzene rings is 2. The van der Waals surface area contributed by atoms with Crippen molar-refractivity contribution in [2.24, 2.45) is 5.73 Å². The van der Waals surface area contributed by atoms with E-state index in [9.17, 15) is 14.4 Å². The van der Waals surface area contributed by atoms with E-state index in [1.54, 1.807) is 4.90 Å². The average Bonchev–Trinajstić information content (AvgIpc) is 2.94. The fourth-order valence-corrected chi connectivity index (χ4v) is 6.02. The molecule has 0 unspecified atom stereocenters. The smallest absolute Gasteiger partial charge is 0.410 e. The first kappa shape index (κ1) is 24.4. The molecular formula is C27H29N3O5S. The van der Waals surface area contributed by atoms with E-state index < -0.39 is 24.2 Å². The van der Waals surface area contributed by atoms with Crippen LogP contribution in [0.1, 0.15) is 36.5 Å². The number of carbonyl (C=O) groups is 3. The maximum Gasteiger partial charge on any atom is 0.410 e. The molecule has 2 aromatic carbocycles. The summed E-state index contributed by atoms with van der Waals surface area (Å²) in [6, 6.07) is 18.2. The van der Waals surface area contributed by atoms with Crippen LogP contribution < -0.4 is 5.73 Å². The van der Waals surface area contributed by atoms with Crippen molar-refractivity contribution < 1.29 is 23.9 Å². The average molecular weight is 508 g/mol. The van der Waals surface area contributed by atoms with Crippen LogP contribution in [-0.4, -0.2) is 64.6 Å². The van der Waals surface area contributed by atoms with Gasteiger partial charge in [-0.05, 0) is 30.4 Å². The number of likely N-dealkylation sites (tertiary alicyclic amines) is 1. The van der Waals surface area contributed by atoms with Gasteiger partial charge in [0.25, 0.3) is 0 Å². The lowest BCUT2D eigenvalue weighted by molar-refractivity contribution is -0.153. The summed E-state index contributed by atoms with van der Waals surface area (Å²) >= 11 is 1.46. The van der Waals surface area contributed by atoms with E-state index in [1.807, 2.05) is 60.7 Å². The number of carbonyl (C=O) groups excluding carboxylic acids is 3. The van der Waals surface area contributed by atoms with Crippen molar-refractivity contribution in [2.75, 3.05) is 25.4 Å². The lowest BCUT2D eigenvalue weighted by Gasteiger charge is -2.48. The first-order valence-electron chi connectivity index (χ1n) is 12.2. The minimum atomic E-state index is -0.672. The molecule has 8 nitrogen and oxygen atoms in total. The largest absolute Gasteiger partial charge is 0.448 e. The number of nitrogens with two attached hydrogens (primary N) is 1. The van der Waals surface area contributed by atoms with Gasteiger partial charge in [0.15, 0.2) is 6.10 Å². The SMILES string of the molecule is N[C@@H]1C(=O)N2C(C(=O)OC(c3ccccc3)c3ccccc3)=C(COC(=O)N3CCCCC3)CS[C@H]12. The highest BCUT2D eigenvalue weighted by molar-refractivity contribution is 8.00. The summed E-state index contributed by atoms with van der Waals surface area (Å²) < 4.78 is 11.6. The summed E-state index contributed by atoms with van der Waals surface area (Å²) in [4.78, 5) is 42.1. The molecular weight excluding hydrogens is 478 g/mol. The summed E-state index contributed by atoms with van der Waals surface area (Å²) in [5, 5.41) is -0.339. The molecule has 3 aliphatic heterocycles. The minimum absolute atomic E-state index is 0.0835. The molecule has 0 radical (unpaired) electrons. The van der Waals surface area contributed by atoms with Crippen LogP contribution in [0.25, 0.3) is 0 Å². The molecule has 2 fully saturated rings. The Labute approximate surface area is 214 Å². The van der Waals surface area contributed by atoms with Crippen molar-refractivity contribution in [3.8, 4) is 0 Å². The van der Waals surface area contributed by atoms with Crippen LogP contribution in [0, 0.1) is 0 Å². The number of nitrogens with zero attached hydrogens (tertiary/aromatic N) is 2. The molecule has 2 atom stereocenters. The highest BCUT2D eigenvalue weighted by Gasteiger charge is 2.52. The summed E-state index contributed by atoms with van der Waals surface area (Å²) in [6.07, 6.45) is 1.94. The summed E-state index contributed by atoms with van der Waals surface area (Å²) in [7, 11) is 0. The van der Waals surface area contributed by atoms with Gasteiger partial charge < -0.3 is 20.1 Å². The first-order chi connectivity index (χ1) is 17.5. The second-order valence-corrected chi connectivity index (χ2v) is 10.2. The molecule has 0 aromatic heterocycles. The molecule has 3 heterocycles. The number of rotatable bonds is 6. The highest BCUT2D eigenvalue weighted by atomic mass is 32.2. The molecule has 36 heavy (non-hydrogen) atoms. The Hall–Kier alpha value is -3.30. The molecule has 0 bridgehead atoms. The van der Waals surface area contributed by atoms with Gasteiger partial charge in [0.05, 0.1) is 0 Å². The highest BCUT2D eigenvalue weighted by Crippen LogP contribution is 2.41. The van der Waals surface area contributed by atoms with Crippen molar-refractivity contribution in [1.82, 2.24) is 9.80 Å². The summed E-state index contributed by atoms with van der Waals surface area (Å²) in [5.41, 5.74) is 8.31. The Bertz CT molecular complexity index is 1110. The van der Waals surface area contributed by atoms with Crippen molar-refractivity contribution in [3.05, 3.63) is 83.1 Å². The van der Waals surface area contributed by atoms with Gasteiger partial charge in [0.1, 0.15) is 23.7 Å². The molecule has 0 saturated carbocycles. The number of amides is 2. The van der Waals surface area contributed by atoms with Gasteiger partial charge >= 0.3 is 12.1 Å². The molecule has 2 amide bonds. The van der Waals surface area contributed by atoms with Gasteiger partial charge in [-0.3, -0.25) is 9.69 Å². The van der Waals surface area contributed by atoms with Crippen LogP contribution in [0.4, 0.5) is 4.79 Å². The number of piperidine rings is 1. The molecule has 2 N–H and O–H groups in total. The van der Waals surface area contributed by atoms with Crippen molar-refractivity contribution in [1.29, 1.82) is 0 Å². The number of fused-ring (bicyclic) bond motifs is 1. The van der Waals surface area contributed by atoms with Crippen LogP contribution in [0.5, 0.6) is 0 Å². The van der Waals surface area contributed by atoms with Gasteiger partial charge in [-0.1, -0.05) is 60.7 Å². The Kier molecular flexibility index (Phi) is 7.29. The Balaban J connectivity index is 1.41. The third kappa shape index (κ3) is 4.85. The van der Waals surface area contributed by atoms with Crippen LogP contribution in [0.15, 0.2) is 71.9 Å². The monoisotopic (exact) mass is 507 g/mol. The van der Waals surface area contributed by atoms with E-state index in [0.717, 1.165) is 30.4 Å². The summed E-state index contributed by atoms with van der Waals surface area (Å²) in [6.45, 7) is 1.25. The summed E-state index contributed by atoms with van der Waals surface area (Å²) in [5.74, 6) is -0.557. The van der Waals surface area contributed by atoms with Crippen molar-refractivity contribution >= 4 is 29.7 Å². The topological polar surface area (TPSA) is 102 Å². The first-order valence-corrected chi connectivity index (χ1v) is 13.2. The van der Waals surface area contributed by atoms with E-state index in [-0.39, 0.29) is 23.6 Å². The molecule has 2 aromatic rings. The quantitative estimate of drug-likeness (QED) is 0.472. The molecule has 0 aliphatic carbocycles. The van der Waals surface area contributed by atoms with Gasteiger partial charge in [0.2, 0.25) is 5.91 Å². The number of hydrogen-bond acceptors (Lipinski definition) is 7. The zero-order valence-electron chi connectivity index (χ0n) is 19.9. The minimum Gasteiger partial charge on any atom is -0.448 e. The maximum absolute atomic E-state index is 13.7.